The number of thiazole rings is 1. The van der Waals surface area contributed by atoms with Crippen molar-refractivity contribution in [3.8, 4) is 11.1 Å². The molecule has 0 saturated carbocycles. The van der Waals surface area contributed by atoms with Crippen LogP contribution in [0.3, 0.4) is 0 Å². The van der Waals surface area contributed by atoms with E-state index in [0.717, 1.165) is 42.2 Å². The van der Waals surface area contributed by atoms with E-state index >= 15 is 0 Å². The Kier molecular flexibility index (Phi) is 6.65. The van der Waals surface area contributed by atoms with Crippen LogP contribution >= 0.6 is 34.5 Å². The number of aromatic nitrogens is 1. The van der Waals surface area contributed by atoms with Crippen LogP contribution in [0.25, 0.3) is 11.1 Å². The molecule has 30 heavy (non-hydrogen) atoms. The van der Waals surface area contributed by atoms with E-state index < -0.39 is 10.0 Å². The molecule has 2 heterocycles. The van der Waals surface area contributed by atoms with E-state index in [1.165, 1.54) is 0 Å². The summed E-state index contributed by atoms with van der Waals surface area (Å²) in [4.78, 5) is 6.84. The molecule has 0 amide bonds. The van der Waals surface area contributed by atoms with Crippen molar-refractivity contribution in [2.24, 2.45) is 5.92 Å². The SMILES string of the molecule is O=S(=O)(NCC1CCCN(c2nccs2)C1)c1ccc(-c2cc(Cl)cc(Cl)c2)cc1. The lowest BCUT2D eigenvalue weighted by Crippen LogP contribution is -2.41. The Hall–Kier alpha value is -1.64. The summed E-state index contributed by atoms with van der Waals surface area (Å²) in [6.45, 7) is 2.19. The Bertz CT molecular complexity index is 1080. The summed E-state index contributed by atoms with van der Waals surface area (Å²) in [6, 6.07) is 12.0. The summed E-state index contributed by atoms with van der Waals surface area (Å²) >= 11 is 13.7. The largest absolute Gasteiger partial charge is 0.348 e. The van der Waals surface area contributed by atoms with Gasteiger partial charge in [-0.15, -0.1) is 11.3 Å². The van der Waals surface area contributed by atoms with Crippen molar-refractivity contribution in [1.29, 1.82) is 0 Å². The van der Waals surface area contributed by atoms with E-state index in [9.17, 15) is 8.42 Å². The molecule has 0 aliphatic carbocycles. The second-order valence-corrected chi connectivity index (χ2v) is 10.8. The number of nitrogens with one attached hydrogen (secondary N) is 1. The molecule has 3 aromatic rings. The van der Waals surface area contributed by atoms with Gasteiger partial charge in [0.1, 0.15) is 0 Å². The van der Waals surface area contributed by atoms with Gasteiger partial charge in [-0.25, -0.2) is 18.1 Å². The van der Waals surface area contributed by atoms with Crippen LogP contribution < -0.4 is 9.62 Å². The van der Waals surface area contributed by atoms with Crippen LogP contribution in [-0.4, -0.2) is 33.0 Å². The Morgan fingerprint density at radius 1 is 1.10 bits per heavy atom. The van der Waals surface area contributed by atoms with E-state index in [4.69, 9.17) is 23.2 Å². The third-order valence-corrected chi connectivity index (χ3v) is 7.84. The Balaban J connectivity index is 1.41. The fourth-order valence-electron chi connectivity index (χ4n) is 3.64. The minimum Gasteiger partial charge on any atom is -0.348 e. The van der Waals surface area contributed by atoms with Gasteiger partial charge in [0, 0.05) is 41.3 Å². The summed E-state index contributed by atoms with van der Waals surface area (Å²) in [5.41, 5.74) is 1.69. The van der Waals surface area contributed by atoms with Gasteiger partial charge in [-0.3, -0.25) is 0 Å². The van der Waals surface area contributed by atoms with Crippen molar-refractivity contribution < 1.29 is 8.42 Å². The van der Waals surface area contributed by atoms with Crippen molar-refractivity contribution in [2.75, 3.05) is 24.5 Å². The normalized spacial score (nSPS) is 17.3. The number of anilines is 1. The summed E-state index contributed by atoms with van der Waals surface area (Å²) in [6.07, 6.45) is 3.83. The Labute approximate surface area is 190 Å². The van der Waals surface area contributed by atoms with Gasteiger partial charge in [0.05, 0.1) is 4.90 Å². The number of hydrogen-bond acceptors (Lipinski definition) is 5. The minimum atomic E-state index is -3.58. The summed E-state index contributed by atoms with van der Waals surface area (Å²) < 4.78 is 28.3. The highest BCUT2D eigenvalue weighted by Gasteiger charge is 2.23. The van der Waals surface area contributed by atoms with Crippen LogP contribution in [0.1, 0.15) is 12.8 Å². The molecule has 1 aliphatic heterocycles. The maximum absolute atomic E-state index is 12.8. The first-order chi connectivity index (χ1) is 14.4. The maximum atomic E-state index is 12.8. The first-order valence-electron chi connectivity index (χ1n) is 9.61. The topological polar surface area (TPSA) is 62.3 Å². The molecule has 1 atom stereocenters. The summed E-state index contributed by atoms with van der Waals surface area (Å²) in [7, 11) is -3.58. The van der Waals surface area contributed by atoms with Crippen LogP contribution in [0.5, 0.6) is 0 Å². The van der Waals surface area contributed by atoms with Gasteiger partial charge < -0.3 is 4.90 Å². The van der Waals surface area contributed by atoms with Crippen LogP contribution in [0.2, 0.25) is 10.0 Å². The molecule has 5 nitrogen and oxygen atoms in total. The predicted octanol–water partition coefficient (Wildman–Crippen LogP) is 5.31. The molecule has 1 saturated heterocycles. The second-order valence-electron chi connectivity index (χ2n) is 7.30. The molecule has 1 aromatic heterocycles. The van der Waals surface area contributed by atoms with E-state index in [-0.39, 0.29) is 10.8 Å². The Morgan fingerprint density at radius 2 is 1.83 bits per heavy atom. The fourth-order valence-corrected chi connectivity index (χ4v) is 5.96. The molecule has 1 N–H and O–H groups in total. The van der Waals surface area contributed by atoms with E-state index in [1.54, 1.807) is 60.0 Å². The molecule has 0 radical (unpaired) electrons. The molecule has 0 bridgehead atoms. The van der Waals surface area contributed by atoms with Crippen molar-refractivity contribution >= 4 is 49.7 Å². The van der Waals surface area contributed by atoms with Crippen molar-refractivity contribution in [3.63, 3.8) is 0 Å². The van der Waals surface area contributed by atoms with Gasteiger partial charge >= 0.3 is 0 Å². The molecule has 9 heteroatoms. The highest BCUT2D eigenvalue weighted by molar-refractivity contribution is 7.89. The van der Waals surface area contributed by atoms with Gasteiger partial charge in [0.2, 0.25) is 10.0 Å². The van der Waals surface area contributed by atoms with Gasteiger partial charge in [-0.1, -0.05) is 35.3 Å². The molecule has 1 unspecified atom stereocenters. The average Bonchev–Trinajstić information content (AvgIpc) is 3.27. The summed E-state index contributed by atoms with van der Waals surface area (Å²) in [5.74, 6) is 0.255. The van der Waals surface area contributed by atoms with E-state index in [1.807, 2.05) is 5.38 Å². The zero-order valence-corrected chi connectivity index (χ0v) is 19.2. The highest BCUT2D eigenvalue weighted by atomic mass is 35.5. The molecule has 4 rings (SSSR count). The van der Waals surface area contributed by atoms with E-state index in [2.05, 4.69) is 14.6 Å². The number of halogens is 2. The van der Waals surface area contributed by atoms with Crippen LogP contribution in [0, 0.1) is 5.92 Å². The number of piperidine rings is 1. The van der Waals surface area contributed by atoms with Crippen LogP contribution in [0.15, 0.2) is 58.9 Å². The molecule has 2 aromatic carbocycles. The molecule has 1 fully saturated rings. The van der Waals surface area contributed by atoms with Gasteiger partial charge in [0.25, 0.3) is 0 Å². The zero-order chi connectivity index (χ0) is 21.1. The van der Waals surface area contributed by atoms with E-state index in [0.29, 0.717) is 16.6 Å². The van der Waals surface area contributed by atoms with Gasteiger partial charge in [-0.2, -0.15) is 0 Å². The molecule has 158 valence electrons. The smallest absolute Gasteiger partial charge is 0.240 e. The first-order valence-corrected chi connectivity index (χ1v) is 12.7. The number of hydrogen-bond donors (Lipinski definition) is 1. The number of sulfonamides is 1. The quantitative estimate of drug-likeness (QED) is 0.517. The molecular weight excluding hydrogens is 461 g/mol. The van der Waals surface area contributed by atoms with Gasteiger partial charge in [0.15, 0.2) is 5.13 Å². The lowest BCUT2D eigenvalue weighted by molar-refractivity contribution is 0.410. The zero-order valence-electron chi connectivity index (χ0n) is 16.1. The van der Waals surface area contributed by atoms with Crippen LogP contribution in [0.4, 0.5) is 5.13 Å². The summed E-state index contributed by atoms with van der Waals surface area (Å²) in [5, 5.41) is 4.03. The molecular formula is C21H21Cl2N3O2S2. The second kappa shape index (κ2) is 9.24. The predicted molar refractivity (Wildman–Crippen MR) is 124 cm³/mol. The van der Waals surface area contributed by atoms with Crippen LogP contribution in [-0.2, 0) is 10.0 Å². The lowest BCUT2D eigenvalue weighted by Gasteiger charge is -2.32. The minimum absolute atomic E-state index is 0.243. The number of nitrogens with zero attached hydrogens (tertiary/aromatic N) is 2. The van der Waals surface area contributed by atoms with Crippen molar-refractivity contribution in [2.45, 2.75) is 17.7 Å². The van der Waals surface area contributed by atoms with Crippen molar-refractivity contribution in [3.05, 3.63) is 64.1 Å². The fraction of sp³-hybridized carbons (Fsp3) is 0.286. The molecule has 0 spiro atoms. The average molecular weight is 482 g/mol. The monoisotopic (exact) mass is 481 g/mol. The van der Waals surface area contributed by atoms with Crippen molar-refractivity contribution in [1.82, 2.24) is 9.71 Å². The number of benzene rings is 2. The lowest BCUT2D eigenvalue weighted by atomic mass is 9.99. The standard InChI is InChI=1S/C21H21Cl2N3O2S2/c22-18-10-17(11-19(23)12-18)16-3-5-20(6-4-16)30(27,28)25-13-15-2-1-8-26(14-15)21-24-7-9-29-21/h3-7,9-12,15,25H,1-2,8,13-14H2. The molecule has 1 aliphatic rings. The first kappa shape index (κ1) is 21.6. The highest BCUT2D eigenvalue weighted by Crippen LogP contribution is 2.28. The number of rotatable bonds is 6. The third-order valence-electron chi connectivity index (χ3n) is 5.13. The van der Waals surface area contributed by atoms with Gasteiger partial charge in [-0.05, 0) is 60.2 Å². The third kappa shape index (κ3) is 5.15. The maximum Gasteiger partial charge on any atom is 0.240 e. The Morgan fingerprint density at radius 3 is 2.50 bits per heavy atom.